The molecule has 0 atom stereocenters. The number of carbonyl (C=O) groups excluding carboxylic acids is 1. The number of hydrogen-bond acceptors (Lipinski definition) is 2. The molecule has 0 saturated carbocycles. The zero-order chi connectivity index (χ0) is 12.2. The maximum Gasteiger partial charge on any atom is 0.337 e. The summed E-state index contributed by atoms with van der Waals surface area (Å²) in [5, 5.41) is 0. The van der Waals surface area contributed by atoms with Crippen molar-refractivity contribution in [1.29, 1.82) is 0 Å². The van der Waals surface area contributed by atoms with E-state index in [2.05, 4.69) is 31.6 Å². The number of methoxy groups -OCH3 is 1. The van der Waals surface area contributed by atoms with Gasteiger partial charge in [-0.2, -0.15) is 0 Å². The molecule has 86 valence electrons. The summed E-state index contributed by atoms with van der Waals surface area (Å²) in [6.45, 7) is 6.40. The van der Waals surface area contributed by atoms with Gasteiger partial charge in [0, 0.05) is 0 Å². The molecular weight excluding hydrogens is 200 g/mol. The SMILES string of the molecule is COC(=O)c1cccc(/C=C/C(C)(C)C)c1. The zero-order valence-corrected chi connectivity index (χ0v) is 10.3. The van der Waals surface area contributed by atoms with E-state index in [4.69, 9.17) is 0 Å². The fourth-order valence-electron chi connectivity index (χ4n) is 1.23. The minimum atomic E-state index is -0.300. The summed E-state index contributed by atoms with van der Waals surface area (Å²) in [6, 6.07) is 7.40. The summed E-state index contributed by atoms with van der Waals surface area (Å²) in [7, 11) is 1.39. The lowest BCUT2D eigenvalue weighted by atomic mass is 9.95. The summed E-state index contributed by atoms with van der Waals surface area (Å²) < 4.78 is 4.67. The molecule has 0 spiro atoms. The number of allylic oxidation sites excluding steroid dienone is 1. The molecule has 2 nitrogen and oxygen atoms in total. The molecule has 1 aromatic rings. The number of rotatable bonds is 2. The monoisotopic (exact) mass is 218 g/mol. The molecule has 0 heterocycles. The lowest BCUT2D eigenvalue weighted by Crippen LogP contribution is -2.01. The van der Waals surface area contributed by atoms with Gasteiger partial charge in [-0.1, -0.05) is 45.1 Å². The first-order chi connectivity index (χ1) is 7.42. The molecule has 0 aliphatic carbocycles. The molecule has 0 aliphatic rings. The largest absolute Gasteiger partial charge is 0.465 e. The molecule has 0 N–H and O–H groups in total. The van der Waals surface area contributed by atoms with E-state index in [-0.39, 0.29) is 11.4 Å². The quantitative estimate of drug-likeness (QED) is 0.710. The predicted octanol–water partition coefficient (Wildman–Crippen LogP) is 3.53. The smallest absolute Gasteiger partial charge is 0.337 e. The molecule has 0 radical (unpaired) electrons. The van der Waals surface area contributed by atoms with Gasteiger partial charge in [0.1, 0.15) is 0 Å². The van der Waals surface area contributed by atoms with Crippen molar-refractivity contribution < 1.29 is 9.53 Å². The van der Waals surface area contributed by atoms with Crippen molar-refractivity contribution in [3.05, 3.63) is 41.5 Å². The highest BCUT2D eigenvalue weighted by Crippen LogP contribution is 2.17. The van der Waals surface area contributed by atoms with Gasteiger partial charge in [-0.25, -0.2) is 4.79 Å². The van der Waals surface area contributed by atoms with Crippen LogP contribution >= 0.6 is 0 Å². The summed E-state index contributed by atoms with van der Waals surface area (Å²) >= 11 is 0. The highest BCUT2D eigenvalue weighted by molar-refractivity contribution is 5.89. The Kier molecular flexibility index (Phi) is 3.88. The van der Waals surface area contributed by atoms with Gasteiger partial charge < -0.3 is 4.74 Å². The van der Waals surface area contributed by atoms with Gasteiger partial charge in [0.15, 0.2) is 0 Å². The van der Waals surface area contributed by atoms with Crippen LogP contribution in [0.3, 0.4) is 0 Å². The number of ether oxygens (including phenoxy) is 1. The van der Waals surface area contributed by atoms with Crippen LogP contribution in [0, 0.1) is 5.41 Å². The third-order valence-electron chi connectivity index (χ3n) is 2.08. The Bertz CT molecular complexity index is 397. The van der Waals surface area contributed by atoms with E-state index in [0.29, 0.717) is 5.56 Å². The van der Waals surface area contributed by atoms with Gasteiger partial charge in [0.05, 0.1) is 12.7 Å². The second-order valence-electron chi connectivity index (χ2n) is 4.82. The van der Waals surface area contributed by atoms with Crippen LogP contribution in [0.15, 0.2) is 30.3 Å². The molecule has 0 bridgehead atoms. The molecular formula is C14H18O2. The van der Waals surface area contributed by atoms with Gasteiger partial charge in [0.2, 0.25) is 0 Å². The van der Waals surface area contributed by atoms with Gasteiger partial charge >= 0.3 is 5.97 Å². The van der Waals surface area contributed by atoms with Crippen LogP contribution < -0.4 is 0 Å². The van der Waals surface area contributed by atoms with E-state index in [1.54, 1.807) is 6.07 Å². The first-order valence-corrected chi connectivity index (χ1v) is 5.30. The molecule has 1 aromatic carbocycles. The second kappa shape index (κ2) is 4.97. The van der Waals surface area contributed by atoms with Gasteiger partial charge in [0.25, 0.3) is 0 Å². The standard InChI is InChI=1S/C14H18O2/c1-14(2,3)9-8-11-6-5-7-12(10-11)13(15)16-4/h5-10H,1-4H3/b9-8+. The van der Waals surface area contributed by atoms with Crippen LogP contribution in [0.2, 0.25) is 0 Å². The molecule has 0 aromatic heterocycles. The van der Waals surface area contributed by atoms with Crippen LogP contribution in [0.25, 0.3) is 6.08 Å². The average molecular weight is 218 g/mol. The van der Waals surface area contributed by atoms with Crippen LogP contribution in [0.4, 0.5) is 0 Å². The Hall–Kier alpha value is -1.57. The summed E-state index contributed by atoms with van der Waals surface area (Å²) in [5.74, 6) is -0.300. The first kappa shape index (κ1) is 12.5. The Morgan fingerprint density at radius 3 is 2.56 bits per heavy atom. The minimum absolute atomic E-state index is 0.140. The second-order valence-corrected chi connectivity index (χ2v) is 4.82. The molecule has 0 aliphatic heterocycles. The normalized spacial score (nSPS) is 11.8. The number of carbonyl (C=O) groups is 1. The van der Waals surface area contributed by atoms with E-state index >= 15 is 0 Å². The van der Waals surface area contributed by atoms with Crippen LogP contribution in [-0.4, -0.2) is 13.1 Å². The van der Waals surface area contributed by atoms with Crippen molar-refractivity contribution in [2.75, 3.05) is 7.11 Å². The van der Waals surface area contributed by atoms with Crippen molar-refractivity contribution in [2.45, 2.75) is 20.8 Å². The van der Waals surface area contributed by atoms with Crippen molar-refractivity contribution in [2.24, 2.45) is 5.41 Å². The van der Waals surface area contributed by atoms with Crippen LogP contribution in [0.5, 0.6) is 0 Å². The fraction of sp³-hybridized carbons (Fsp3) is 0.357. The number of benzene rings is 1. The van der Waals surface area contributed by atoms with Crippen molar-refractivity contribution in [3.8, 4) is 0 Å². The lowest BCUT2D eigenvalue weighted by molar-refractivity contribution is 0.0600. The van der Waals surface area contributed by atoms with Crippen LogP contribution in [0.1, 0.15) is 36.7 Å². The predicted molar refractivity (Wildman–Crippen MR) is 66.3 cm³/mol. The molecule has 0 saturated heterocycles. The minimum Gasteiger partial charge on any atom is -0.465 e. The molecule has 1 rings (SSSR count). The third-order valence-corrected chi connectivity index (χ3v) is 2.08. The topological polar surface area (TPSA) is 26.3 Å². The molecule has 2 heteroatoms. The van der Waals surface area contributed by atoms with E-state index < -0.39 is 0 Å². The molecule has 16 heavy (non-hydrogen) atoms. The summed E-state index contributed by atoms with van der Waals surface area (Å²) in [5.41, 5.74) is 1.73. The maximum atomic E-state index is 11.3. The molecule has 0 unspecified atom stereocenters. The fourth-order valence-corrected chi connectivity index (χ4v) is 1.23. The Labute approximate surface area is 96.9 Å². The van der Waals surface area contributed by atoms with Gasteiger partial charge in [-0.15, -0.1) is 0 Å². The Balaban J connectivity index is 2.91. The van der Waals surface area contributed by atoms with Gasteiger partial charge in [-0.3, -0.25) is 0 Å². The van der Waals surface area contributed by atoms with E-state index in [1.807, 2.05) is 24.3 Å². The average Bonchev–Trinajstić information content (AvgIpc) is 2.25. The van der Waals surface area contributed by atoms with Gasteiger partial charge in [-0.05, 0) is 23.1 Å². The van der Waals surface area contributed by atoms with Crippen molar-refractivity contribution in [1.82, 2.24) is 0 Å². The first-order valence-electron chi connectivity index (χ1n) is 5.30. The highest BCUT2D eigenvalue weighted by Gasteiger charge is 2.06. The Morgan fingerprint density at radius 1 is 1.31 bits per heavy atom. The van der Waals surface area contributed by atoms with E-state index in [9.17, 15) is 4.79 Å². The number of esters is 1. The van der Waals surface area contributed by atoms with Crippen molar-refractivity contribution >= 4 is 12.0 Å². The molecule has 0 amide bonds. The maximum absolute atomic E-state index is 11.3. The van der Waals surface area contributed by atoms with Crippen molar-refractivity contribution in [3.63, 3.8) is 0 Å². The lowest BCUT2D eigenvalue weighted by Gasteiger charge is -2.11. The third kappa shape index (κ3) is 3.89. The Morgan fingerprint density at radius 2 is 2.00 bits per heavy atom. The highest BCUT2D eigenvalue weighted by atomic mass is 16.5. The number of hydrogen-bond donors (Lipinski definition) is 0. The summed E-state index contributed by atoms with van der Waals surface area (Å²) in [6.07, 6.45) is 4.13. The van der Waals surface area contributed by atoms with E-state index in [1.165, 1.54) is 7.11 Å². The molecule has 0 fully saturated rings. The summed E-state index contributed by atoms with van der Waals surface area (Å²) in [4.78, 5) is 11.3. The van der Waals surface area contributed by atoms with Crippen LogP contribution in [-0.2, 0) is 4.74 Å². The zero-order valence-electron chi connectivity index (χ0n) is 10.3. The van der Waals surface area contributed by atoms with E-state index in [0.717, 1.165) is 5.56 Å².